The van der Waals surface area contributed by atoms with E-state index < -0.39 is 16.4 Å². The summed E-state index contributed by atoms with van der Waals surface area (Å²) in [7, 11) is 1.41. The van der Waals surface area contributed by atoms with Crippen molar-refractivity contribution in [3.05, 3.63) is 57.9 Å². The van der Waals surface area contributed by atoms with Gasteiger partial charge in [-0.1, -0.05) is 6.07 Å². The van der Waals surface area contributed by atoms with Crippen molar-refractivity contribution in [1.29, 1.82) is 0 Å². The molecule has 7 heteroatoms. The zero-order valence-electron chi connectivity index (χ0n) is 11.1. The summed E-state index contributed by atoms with van der Waals surface area (Å²) >= 11 is 0. The van der Waals surface area contributed by atoms with Crippen LogP contribution in [0.3, 0.4) is 0 Å². The first kappa shape index (κ1) is 14.7. The summed E-state index contributed by atoms with van der Waals surface area (Å²) in [6, 6.07) is 7.67. The number of nitro benzene ring substituents is 1. The van der Waals surface area contributed by atoms with Gasteiger partial charge >= 0.3 is 5.69 Å². The van der Waals surface area contributed by atoms with Gasteiger partial charge in [0.2, 0.25) is 5.75 Å². The molecule has 21 heavy (non-hydrogen) atoms. The average Bonchev–Trinajstić information content (AvgIpc) is 2.49. The summed E-state index contributed by atoms with van der Waals surface area (Å²) in [6.45, 7) is -0.173. The molecule has 2 aromatic rings. The molecule has 0 amide bonds. The lowest BCUT2D eigenvalue weighted by Crippen LogP contribution is -1.96. The molecule has 0 unspecified atom stereocenters. The van der Waals surface area contributed by atoms with Crippen molar-refractivity contribution in [1.82, 2.24) is 0 Å². The van der Waals surface area contributed by atoms with Gasteiger partial charge in [0.1, 0.15) is 5.82 Å². The van der Waals surface area contributed by atoms with Gasteiger partial charge in [0.05, 0.1) is 24.7 Å². The largest absolute Gasteiger partial charge is 0.493 e. The van der Waals surface area contributed by atoms with Gasteiger partial charge in [0.25, 0.3) is 0 Å². The van der Waals surface area contributed by atoms with Crippen LogP contribution in [0.15, 0.2) is 36.4 Å². The molecule has 0 aliphatic carbocycles. The Labute approximate surface area is 119 Å². The van der Waals surface area contributed by atoms with Crippen LogP contribution in [-0.4, -0.2) is 17.1 Å². The Morgan fingerprint density at radius 1 is 1.19 bits per heavy atom. The highest BCUT2D eigenvalue weighted by atomic mass is 19.1. The van der Waals surface area contributed by atoms with Crippen molar-refractivity contribution in [3.63, 3.8) is 0 Å². The van der Waals surface area contributed by atoms with Crippen molar-refractivity contribution < 1.29 is 23.9 Å². The number of aliphatic hydroxyl groups is 1. The third kappa shape index (κ3) is 3.26. The smallest absolute Gasteiger partial charge is 0.314 e. The quantitative estimate of drug-likeness (QED) is 0.677. The van der Waals surface area contributed by atoms with Gasteiger partial charge in [-0.2, -0.15) is 0 Å². The molecular weight excluding hydrogens is 281 g/mol. The molecule has 6 nitrogen and oxygen atoms in total. The van der Waals surface area contributed by atoms with E-state index in [-0.39, 0.29) is 18.1 Å². The highest BCUT2D eigenvalue weighted by Crippen LogP contribution is 2.36. The number of methoxy groups -OCH3 is 1. The lowest BCUT2D eigenvalue weighted by molar-refractivity contribution is -0.385. The minimum Gasteiger partial charge on any atom is -0.493 e. The lowest BCUT2D eigenvalue weighted by atomic mass is 10.2. The Hall–Kier alpha value is -2.67. The summed E-state index contributed by atoms with van der Waals surface area (Å²) < 4.78 is 23.6. The first-order valence-corrected chi connectivity index (χ1v) is 5.94. The van der Waals surface area contributed by atoms with Crippen molar-refractivity contribution in [3.8, 4) is 17.2 Å². The molecule has 0 heterocycles. The normalized spacial score (nSPS) is 10.2. The maximum atomic E-state index is 13.1. The Bertz CT molecular complexity index is 674. The fourth-order valence-corrected chi connectivity index (χ4v) is 1.73. The van der Waals surface area contributed by atoms with Crippen LogP contribution in [0.4, 0.5) is 10.1 Å². The molecule has 0 aliphatic rings. The fraction of sp³-hybridized carbons (Fsp3) is 0.143. The molecule has 0 spiro atoms. The van der Waals surface area contributed by atoms with Gasteiger partial charge in [-0.15, -0.1) is 0 Å². The monoisotopic (exact) mass is 293 g/mol. The third-order valence-corrected chi connectivity index (χ3v) is 2.75. The summed E-state index contributed by atoms with van der Waals surface area (Å²) in [5, 5.41) is 20.0. The van der Waals surface area contributed by atoms with E-state index in [4.69, 9.17) is 14.6 Å². The number of aliphatic hydroxyl groups excluding tert-OH is 1. The van der Waals surface area contributed by atoms with E-state index in [0.29, 0.717) is 11.3 Å². The molecule has 1 N–H and O–H groups in total. The highest BCUT2D eigenvalue weighted by Gasteiger charge is 2.18. The van der Waals surface area contributed by atoms with E-state index in [0.717, 1.165) is 12.1 Å². The maximum absolute atomic E-state index is 13.1. The summed E-state index contributed by atoms with van der Waals surface area (Å²) in [5.74, 6) is -0.294. The number of ether oxygens (including phenoxy) is 2. The Balaban J connectivity index is 2.40. The standard InChI is InChI=1S/C14H12FNO5/c1-20-14-6-9(8-17)2-4-13(14)21-12-5-3-10(15)7-11(12)16(18)19/h2-7,17H,8H2,1H3. The average molecular weight is 293 g/mol. The Morgan fingerprint density at radius 2 is 1.90 bits per heavy atom. The van der Waals surface area contributed by atoms with Crippen molar-refractivity contribution in [2.24, 2.45) is 0 Å². The number of nitro groups is 1. The lowest BCUT2D eigenvalue weighted by Gasteiger charge is -2.11. The first-order chi connectivity index (χ1) is 10.0. The van der Waals surface area contributed by atoms with E-state index >= 15 is 0 Å². The molecule has 0 saturated carbocycles. The van der Waals surface area contributed by atoms with Gasteiger partial charge in [0, 0.05) is 0 Å². The second-order valence-electron chi connectivity index (χ2n) is 4.11. The SMILES string of the molecule is COc1cc(CO)ccc1Oc1ccc(F)cc1[N+](=O)[O-]. The van der Waals surface area contributed by atoms with Crippen LogP contribution in [0.2, 0.25) is 0 Å². The van der Waals surface area contributed by atoms with Crippen LogP contribution < -0.4 is 9.47 Å². The summed E-state index contributed by atoms with van der Waals surface area (Å²) in [5.41, 5.74) is 0.121. The zero-order chi connectivity index (χ0) is 15.4. The van der Waals surface area contributed by atoms with E-state index in [1.54, 1.807) is 12.1 Å². The number of benzene rings is 2. The maximum Gasteiger partial charge on any atom is 0.314 e. The molecule has 2 rings (SSSR count). The van der Waals surface area contributed by atoms with Crippen LogP contribution in [0.5, 0.6) is 17.2 Å². The molecule has 0 atom stereocenters. The van der Waals surface area contributed by atoms with Crippen LogP contribution in [-0.2, 0) is 6.61 Å². The van der Waals surface area contributed by atoms with Gasteiger partial charge in [-0.25, -0.2) is 4.39 Å². The Morgan fingerprint density at radius 3 is 2.52 bits per heavy atom. The molecule has 0 aliphatic heterocycles. The third-order valence-electron chi connectivity index (χ3n) is 2.75. The second kappa shape index (κ2) is 6.19. The van der Waals surface area contributed by atoms with Crippen LogP contribution in [0.1, 0.15) is 5.56 Å². The zero-order valence-corrected chi connectivity index (χ0v) is 11.1. The number of rotatable bonds is 5. The molecule has 0 saturated heterocycles. The number of halogens is 1. The number of hydrogen-bond donors (Lipinski definition) is 1. The van der Waals surface area contributed by atoms with Crippen molar-refractivity contribution >= 4 is 5.69 Å². The van der Waals surface area contributed by atoms with E-state index in [1.807, 2.05) is 0 Å². The van der Waals surface area contributed by atoms with Crippen LogP contribution in [0, 0.1) is 15.9 Å². The van der Waals surface area contributed by atoms with Crippen molar-refractivity contribution in [2.45, 2.75) is 6.61 Å². The topological polar surface area (TPSA) is 81.8 Å². The van der Waals surface area contributed by atoms with E-state index in [9.17, 15) is 14.5 Å². The molecule has 0 radical (unpaired) electrons. The van der Waals surface area contributed by atoms with E-state index in [1.165, 1.54) is 19.2 Å². The molecule has 2 aromatic carbocycles. The summed E-state index contributed by atoms with van der Waals surface area (Å²) in [6.07, 6.45) is 0. The van der Waals surface area contributed by atoms with Gasteiger partial charge in [-0.3, -0.25) is 10.1 Å². The summed E-state index contributed by atoms with van der Waals surface area (Å²) in [4.78, 5) is 10.2. The molecule has 0 aromatic heterocycles. The van der Waals surface area contributed by atoms with Gasteiger partial charge < -0.3 is 14.6 Å². The molecule has 110 valence electrons. The molecule has 0 bridgehead atoms. The molecular formula is C14H12FNO5. The highest BCUT2D eigenvalue weighted by molar-refractivity contribution is 5.51. The van der Waals surface area contributed by atoms with Crippen molar-refractivity contribution in [2.75, 3.05) is 7.11 Å². The Kier molecular flexibility index (Phi) is 4.34. The van der Waals surface area contributed by atoms with Crippen LogP contribution in [0.25, 0.3) is 0 Å². The van der Waals surface area contributed by atoms with Gasteiger partial charge in [0.15, 0.2) is 11.5 Å². The fourth-order valence-electron chi connectivity index (χ4n) is 1.73. The predicted octanol–water partition coefficient (Wildman–Crippen LogP) is 3.03. The van der Waals surface area contributed by atoms with E-state index in [2.05, 4.69) is 0 Å². The number of nitrogens with zero attached hydrogens (tertiary/aromatic N) is 1. The van der Waals surface area contributed by atoms with Crippen LogP contribution >= 0.6 is 0 Å². The van der Waals surface area contributed by atoms with Gasteiger partial charge in [-0.05, 0) is 29.8 Å². The second-order valence-corrected chi connectivity index (χ2v) is 4.11. The minimum absolute atomic E-state index is 0.101. The first-order valence-electron chi connectivity index (χ1n) is 5.94. The number of hydrogen-bond acceptors (Lipinski definition) is 5. The molecule has 0 fully saturated rings. The predicted molar refractivity (Wildman–Crippen MR) is 72.0 cm³/mol. The minimum atomic E-state index is -0.729.